The summed E-state index contributed by atoms with van der Waals surface area (Å²) in [4.78, 5) is 14.1. The van der Waals surface area contributed by atoms with Gasteiger partial charge in [0.25, 0.3) is 5.91 Å². The fourth-order valence-electron chi connectivity index (χ4n) is 2.47. The smallest absolute Gasteiger partial charge is 0.289 e. The quantitative estimate of drug-likeness (QED) is 0.893. The van der Waals surface area contributed by atoms with Crippen molar-refractivity contribution in [2.75, 3.05) is 13.1 Å². The molecule has 4 heteroatoms. The van der Waals surface area contributed by atoms with Crippen molar-refractivity contribution in [1.82, 2.24) is 4.90 Å². The number of aryl methyl sites for hydroxylation is 1. The van der Waals surface area contributed by atoms with Crippen molar-refractivity contribution < 1.29 is 9.21 Å². The van der Waals surface area contributed by atoms with Gasteiger partial charge in [-0.05, 0) is 37.8 Å². The highest BCUT2D eigenvalue weighted by Crippen LogP contribution is 2.21. The van der Waals surface area contributed by atoms with Crippen LogP contribution in [0.2, 0.25) is 0 Å². The largest absolute Gasteiger partial charge is 0.456 e. The molecule has 4 nitrogen and oxygen atoms in total. The summed E-state index contributed by atoms with van der Waals surface area (Å²) >= 11 is 0. The van der Waals surface area contributed by atoms with E-state index in [1.165, 1.54) is 0 Å². The van der Waals surface area contributed by atoms with E-state index >= 15 is 0 Å². The zero-order chi connectivity index (χ0) is 13.1. The van der Waals surface area contributed by atoms with Gasteiger partial charge in [0.15, 0.2) is 5.76 Å². The minimum absolute atomic E-state index is 0.0119. The first-order valence-corrected chi connectivity index (χ1v) is 6.75. The molecule has 1 aliphatic rings. The van der Waals surface area contributed by atoms with Gasteiger partial charge in [-0.3, -0.25) is 4.79 Å². The number of carbonyl (C=O) groups is 1. The number of hydrogen-bond acceptors (Lipinski definition) is 3. The maximum atomic E-state index is 12.2. The molecule has 0 saturated carbocycles. The van der Waals surface area contributed by atoms with E-state index in [1.807, 2.05) is 24.8 Å². The third-order valence-corrected chi connectivity index (χ3v) is 3.79. The van der Waals surface area contributed by atoms with Gasteiger partial charge in [0.1, 0.15) is 5.76 Å². The van der Waals surface area contributed by atoms with E-state index in [0.29, 0.717) is 11.7 Å². The number of nitrogens with zero attached hydrogens (tertiary/aromatic N) is 1. The van der Waals surface area contributed by atoms with Gasteiger partial charge < -0.3 is 15.1 Å². The van der Waals surface area contributed by atoms with Crippen LogP contribution >= 0.6 is 0 Å². The van der Waals surface area contributed by atoms with Gasteiger partial charge >= 0.3 is 0 Å². The van der Waals surface area contributed by atoms with Gasteiger partial charge in [-0.25, -0.2) is 0 Å². The van der Waals surface area contributed by atoms with E-state index in [2.05, 4.69) is 0 Å². The van der Waals surface area contributed by atoms with Gasteiger partial charge in [-0.2, -0.15) is 0 Å². The second-order valence-electron chi connectivity index (χ2n) is 5.11. The van der Waals surface area contributed by atoms with Crippen molar-refractivity contribution in [3.05, 3.63) is 23.7 Å². The third kappa shape index (κ3) is 2.75. The Morgan fingerprint density at radius 2 is 2.17 bits per heavy atom. The van der Waals surface area contributed by atoms with Crippen molar-refractivity contribution in [1.29, 1.82) is 0 Å². The predicted octanol–water partition coefficient (Wildman–Crippen LogP) is 2.04. The number of amides is 1. The van der Waals surface area contributed by atoms with Crippen LogP contribution in [-0.2, 0) is 6.42 Å². The second kappa shape index (κ2) is 5.57. The molecule has 1 aliphatic heterocycles. The highest BCUT2D eigenvalue weighted by molar-refractivity contribution is 5.91. The van der Waals surface area contributed by atoms with E-state index in [-0.39, 0.29) is 11.9 Å². The number of piperidine rings is 1. The molecule has 1 saturated heterocycles. The minimum atomic E-state index is 0.0119. The van der Waals surface area contributed by atoms with Crippen LogP contribution in [0.1, 0.15) is 43.0 Å². The van der Waals surface area contributed by atoms with Crippen LogP contribution in [0.3, 0.4) is 0 Å². The Kier molecular flexibility index (Phi) is 4.07. The summed E-state index contributed by atoms with van der Waals surface area (Å²) in [6.07, 6.45) is 2.80. The van der Waals surface area contributed by atoms with Crippen LogP contribution in [0.15, 0.2) is 16.5 Å². The van der Waals surface area contributed by atoms with Crippen LogP contribution in [-0.4, -0.2) is 29.9 Å². The molecule has 0 aliphatic carbocycles. The number of hydrogen-bond donors (Lipinski definition) is 1. The lowest BCUT2D eigenvalue weighted by Crippen LogP contribution is -2.42. The van der Waals surface area contributed by atoms with E-state index in [0.717, 1.165) is 38.1 Å². The van der Waals surface area contributed by atoms with Crippen LogP contribution in [0.5, 0.6) is 0 Å². The number of nitrogens with two attached hydrogens (primary N) is 1. The molecule has 1 fully saturated rings. The molecular weight excluding hydrogens is 228 g/mol. The average Bonchev–Trinajstić information content (AvgIpc) is 2.86. The fraction of sp³-hybridized carbons (Fsp3) is 0.643. The Labute approximate surface area is 108 Å². The zero-order valence-corrected chi connectivity index (χ0v) is 11.2. The van der Waals surface area contributed by atoms with E-state index in [4.69, 9.17) is 10.2 Å². The highest BCUT2D eigenvalue weighted by atomic mass is 16.4. The molecule has 0 spiro atoms. The molecule has 1 unspecified atom stereocenters. The van der Waals surface area contributed by atoms with Gasteiger partial charge in [0.2, 0.25) is 0 Å². The summed E-state index contributed by atoms with van der Waals surface area (Å²) in [6.45, 7) is 5.63. The predicted molar refractivity (Wildman–Crippen MR) is 70.4 cm³/mol. The SMILES string of the molecule is CCc1ccc(C(=O)N2CCC(C(C)N)CC2)o1. The van der Waals surface area contributed by atoms with Crippen LogP contribution in [0.25, 0.3) is 0 Å². The summed E-state index contributed by atoms with van der Waals surface area (Å²) in [5.74, 6) is 1.88. The van der Waals surface area contributed by atoms with Crippen molar-refractivity contribution >= 4 is 5.91 Å². The van der Waals surface area contributed by atoms with Gasteiger partial charge in [0.05, 0.1) is 0 Å². The topological polar surface area (TPSA) is 59.5 Å². The molecule has 1 aromatic heterocycles. The maximum Gasteiger partial charge on any atom is 0.289 e. The summed E-state index contributed by atoms with van der Waals surface area (Å²) in [7, 11) is 0. The number of likely N-dealkylation sites (tertiary alicyclic amines) is 1. The lowest BCUT2D eigenvalue weighted by molar-refractivity contribution is 0.0647. The van der Waals surface area contributed by atoms with Crippen LogP contribution in [0.4, 0.5) is 0 Å². The fourth-order valence-corrected chi connectivity index (χ4v) is 2.47. The molecule has 2 rings (SSSR count). The average molecular weight is 250 g/mol. The van der Waals surface area contributed by atoms with Gasteiger partial charge in [0, 0.05) is 25.6 Å². The minimum Gasteiger partial charge on any atom is -0.456 e. The highest BCUT2D eigenvalue weighted by Gasteiger charge is 2.26. The van der Waals surface area contributed by atoms with Crippen molar-refractivity contribution in [2.24, 2.45) is 11.7 Å². The van der Waals surface area contributed by atoms with Crippen molar-refractivity contribution in [3.63, 3.8) is 0 Å². The number of furan rings is 1. The molecule has 18 heavy (non-hydrogen) atoms. The number of rotatable bonds is 3. The van der Waals surface area contributed by atoms with Gasteiger partial charge in [-0.1, -0.05) is 6.92 Å². The first-order valence-electron chi connectivity index (χ1n) is 6.75. The molecule has 2 N–H and O–H groups in total. The van der Waals surface area contributed by atoms with Crippen LogP contribution in [0, 0.1) is 5.92 Å². The Morgan fingerprint density at radius 3 is 2.67 bits per heavy atom. The second-order valence-corrected chi connectivity index (χ2v) is 5.11. The molecular formula is C14H22N2O2. The van der Waals surface area contributed by atoms with Gasteiger partial charge in [-0.15, -0.1) is 0 Å². The van der Waals surface area contributed by atoms with E-state index < -0.39 is 0 Å². The zero-order valence-electron chi connectivity index (χ0n) is 11.2. The van der Waals surface area contributed by atoms with Crippen molar-refractivity contribution in [3.8, 4) is 0 Å². The first-order chi connectivity index (χ1) is 8.61. The van der Waals surface area contributed by atoms with E-state index in [1.54, 1.807) is 6.07 Å². The lowest BCUT2D eigenvalue weighted by atomic mass is 9.91. The summed E-state index contributed by atoms with van der Waals surface area (Å²) in [5, 5.41) is 0. The Hall–Kier alpha value is -1.29. The standard InChI is InChI=1S/C14H22N2O2/c1-3-12-4-5-13(18-12)14(17)16-8-6-11(7-9-16)10(2)15/h4-5,10-11H,3,6-9,15H2,1-2H3. The summed E-state index contributed by atoms with van der Waals surface area (Å²) < 4.78 is 5.51. The monoisotopic (exact) mass is 250 g/mol. The first kappa shape index (κ1) is 13.1. The molecule has 0 radical (unpaired) electrons. The van der Waals surface area contributed by atoms with Crippen molar-refractivity contribution in [2.45, 2.75) is 39.2 Å². The lowest BCUT2D eigenvalue weighted by Gasteiger charge is -2.33. The Morgan fingerprint density at radius 1 is 1.50 bits per heavy atom. The molecule has 2 heterocycles. The summed E-state index contributed by atoms with van der Waals surface area (Å²) in [6, 6.07) is 3.87. The molecule has 0 aromatic carbocycles. The van der Waals surface area contributed by atoms with Crippen LogP contribution < -0.4 is 5.73 Å². The molecule has 1 aromatic rings. The molecule has 100 valence electrons. The normalized spacial score (nSPS) is 18.9. The third-order valence-electron chi connectivity index (χ3n) is 3.79. The number of carbonyl (C=O) groups excluding carboxylic acids is 1. The Bertz CT molecular complexity index is 404. The molecule has 1 atom stereocenters. The van der Waals surface area contributed by atoms with E-state index in [9.17, 15) is 4.79 Å². The summed E-state index contributed by atoms with van der Waals surface area (Å²) in [5.41, 5.74) is 5.90. The molecule has 1 amide bonds. The maximum absolute atomic E-state index is 12.2. The Balaban J connectivity index is 1.95. The molecule has 0 bridgehead atoms.